The molecule has 0 radical (unpaired) electrons. The number of hydrogen-bond donors (Lipinski definition) is 1. The fourth-order valence-corrected chi connectivity index (χ4v) is 1.29. The van der Waals surface area contributed by atoms with Gasteiger partial charge in [0.05, 0.1) is 11.3 Å². The molecule has 0 aliphatic carbocycles. The Morgan fingerprint density at radius 3 is 2.93 bits per heavy atom. The summed E-state index contributed by atoms with van der Waals surface area (Å²) in [7, 11) is 0. The molecule has 0 saturated carbocycles. The second kappa shape index (κ2) is 3.63. The topological polar surface area (TPSA) is 54.5 Å². The number of H-pyrrole nitrogens is 1. The predicted molar refractivity (Wildman–Crippen MR) is 55.2 cm³/mol. The molecule has 2 heterocycles. The van der Waals surface area contributed by atoms with Gasteiger partial charge in [-0.1, -0.05) is 12.2 Å². The van der Waals surface area contributed by atoms with Crippen LogP contribution < -0.4 is 0 Å². The SMILES string of the molecule is Cc1ncncc1-c1nccc(=S)[nH]1. The number of hydrogen-bond acceptors (Lipinski definition) is 4. The third kappa shape index (κ3) is 1.67. The summed E-state index contributed by atoms with van der Waals surface area (Å²) in [5, 5.41) is 0. The highest BCUT2D eigenvalue weighted by molar-refractivity contribution is 7.71. The number of nitrogens with one attached hydrogen (secondary N) is 1. The number of nitrogens with zero attached hydrogens (tertiary/aromatic N) is 3. The summed E-state index contributed by atoms with van der Waals surface area (Å²) in [5.41, 5.74) is 1.75. The molecule has 0 unspecified atom stereocenters. The summed E-state index contributed by atoms with van der Waals surface area (Å²) in [4.78, 5) is 15.2. The summed E-state index contributed by atoms with van der Waals surface area (Å²) < 4.78 is 0.651. The van der Waals surface area contributed by atoms with Crippen molar-refractivity contribution in [2.75, 3.05) is 0 Å². The van der Waals surface area contributed by atoms with Gasteiger partial charge in [0.1, 0.15) is 16.8 Å². The van der Waals surface area contributed by atoms with Crippen LogP contribution in [0.25, 0.3) is 11.4 Å². The van der Waals surface area contributed by atoms with E-state index in [1.807, 2.05) is 6.92 Å². The van der Waals surface area contributed by atoms with Crippen LogP contribution in [0, 0.1) is 11.6 Å². The molecule has 0 spiro atoms. The smallest absolute Gasteiger partial charge is 0.141 e. The van der Waals surface area contributed by atoms with Crippen molar-refractivity contribution in [1.82, 2.24) is 19.9 Å². The van der Waals surface area contributed by atoms with Crippen molar-refractivity contribution in [3.63, 3.8) is 0 Å². The summed E-state index contributed by atoms with van der Waals surface area (Å²) in [6, 6.07) is 1.73. The van der Waals surface area contributed by atoms with Crippen LogP contribution >= 0.6 is 12.2 Å². The Hall–Kier alpha value is -1.62. The third-order valence-corrected chi connectivity index (χ3v) is 2.08. The first-order chi connectivity index (χ1) is 6.77. The lowest BCUT2D eigenvalue weighted by Gasteiger charge is -2.01. The Bertz CT molecular complexity index is 506. The minimum atomic E-state index is 0.651. The molecule has 0 aliphatic heterocycles. The Morgan fingerprint density at radius 1 is 1.36 bits per heavy atom. The fourth-order valence-electron chi connectivity index (χ4n) is 1.13. The van der Waals surface area contributed by atoms with E-state index >= 15 is 0 Å². The molecular formula is C9H8N4S. The van der Waals surface area contributed by atoms with Gasteiger partial charge < -0.3 is 4.98 Å². The maximum absolute atomic E-state index is 5.01. The molecule has 0 aliphatic rings. The van der Waals surface area contributed by atoms with E-state index < -0.39 is 0 Å². The van der Waals surface area contributed by atoms with Crippen molar-refractivity contribution < 1.29 is 0 Å². The van der Waals surface area contributed by atoms with Gasteiger partial charge in [-0.05, 0) is 13.0 Å². The fraction of sp³-hybridized carbons (Fsp3) is 0.111. The zero-order valence-electron chi connectivity index (χ0n) is 7.56. The quantitative estimate of drug-likeness (QED) is 0.721. The third-order valence-electron chi connectivity index (χ3n) is 1.84. The van der Waals surface area contributed by atoms with Gasteiger partial charge in [0.25, 0.3) is 0 Å². The second-order valence-electron chi connectivity index (χ2n) is 2.80. The summed E-state index contributed by atoms with van der Waals surface area (Å²) in [5.74, 6) is 0.704. The van der Waals surface area contributed by atoms with Crippen LogP contribution in [-0.2, 0) is 0 Å². The normalized spacial score (nSPS) is 10.1. The summed E-state index contributed by atoms with van der Waals surface area (Å²) >= 11 is 5.01. The standard InChI is InChI=1S/C9H8N4S/c1-6-7(4-10-5-12-6)9-11-3-2-8(14)13-9/h2-5H,1H3,(H,11,13,14). The molecule has 2 aromatic heterocycles. The molecule has 0 saturated heterocycles. The van der Waals surface area contributed by atoms with Gasteiger partial charge in [-0.15, -0.1) is 0 Å². The van der Waals surface area contributed by atoms with Crippen LogP contribution in [0.3, 0.4) is 0 Å². The zero-order chi connectivity index (χ0) is 9.97. The largest absolute Gasteiger partial charge is 0.331 e. The molecule has 0 amide bonds. The van der Waals surface area contributed by atoms with Gasteiger partial charge in [0, 0.05) is 12.4 Å². The van der Waals surface area contributed by atoms with Crippen molar-refractivity contribution in [3.8, 4) is 11.4 Å². The average molecular weight is 204 g/mol. The lowest BCUT2D eigenvalue weighted by Crippen LogP contribution is -1.93. The highest BCUT2D eigenvalue weighted by Crippen LogP contribution is 2.14. The Balaban J connectivity index is 2.61. The van der Waals surface area contributed by atoms with E-state index in [-0.39, 0.29) is 0 Å². The van der Waals surface area contributed by atoms with Crippen molar-refractivity contribution in [2.24, 2.45) is 0 Å². The zero-order valence-corrected chi connectivity index (χ0v) is 8.38. The number of aryl methyl sites for hydroxylation is 1. The first kappa shape index (κ1) is 8.96. The minimum Gasteiger partial charge on any atom is -0.331 e. The van der Waals surface area contributed by atoms with Crippen LogP contribution in [0.4, 0.5) is 0 Å². The number of aromatic amines is 1. The molecule has 1 N–H and O–H groups in total. The molecule has 14 heavy (non-hydrogen) atoms. The van der Waals surface area contributed by atoms with Gasteiger partial charge in [0.15, 0.2) is 0 Å². The second-order valence-corrected chi connectivity index (χ2v) is 3.24. The Kier molecular flexibility index (Phi) is 2.32. The predicted octanol–water partition coefficient (Wildman–Crippen LogP) is 1.90. The Labute approximate surface area is 86.1 Å². The molecule has 4 nitrogen and oxygen atoms in total. The van der Waals surface area contributed by atoms with E-state index in [9.17, 15) is 0 Å². The Morgan fingerprint density at radius 2 is 2.21 bits per heavy atom. The number of aromatic nitrogens is 4. The van der Waals surface area contributed by atoms with Crippen LogP contribution in [0.2, 0.25) is 0 Å². The van der Waals surface area contributed by atoms with E-state index in [0.29, 0.717) is 10.5 Å². The minimum absolute atomic E-state index is 0.651. The molecule has 0 fully saturated rings. The summed E-state index contributed by atoms with van der Waals surface area (Å²) in [6.07, 6.45) is 4.90. The van der Waals surface area contributed by atoms with Crippen LogP contribution in [-0.4, -0.2) is 19.9 Å². The van der Waals surface area contributed by atoms with E-state index in [0.717, 1.165) is 11.3 Å². The van der Waals surface area contributed by atoms with Gasteiger partial charge in [-0.3, -0.25) is 0 Å². The van der Waals surface area contributed by atoms with Gasteiger partial charge >= 0.3 is 0 Å². The van der Waals surface area contributed by atoms with Crippen LogP contribution in [0.5, 0.6) is 0 Å². The first-order valence-corrected chi connectivity index (χ1v) is 4.50. The lowest BCUT2D eigenvalue weighted by molar-refractivity contribution is 1.07. The van der Waals surface area contributed by atoms with Crippen molar-refractivity contribution in [1.29, 1.82) is 0 Å². The van der Waals surface area contributed by atoms with E-state index in [2.05, 4.69) is 19.9 Å². The van der Waals surface area contributed by atoms with Gasteiger partial charge in [-0.2, -0.15) is 0 Å². The lowest BCUT2D eigenvalue weighted by atomic mass is 10.2. The molecule has 70 valence electrons. The average Bonchev–Trinajstić information content (AvgIpc) is 2.18. The van der Waals surface area contributed by atoms with E-state index in [1.165, 1.54) is 6.33 Å². The van der Waals surface area contributed by atoms with Crippen molar-refractivity contribution >= 4 is 12.2 Å². The molecule has 2 aromatic rings. The molecule has 2 rings (SSSR count). The maximum atomic E-state index is 5.01. The van der Waals surface area contributed by atoms with Crippen molar-refractivity contribution in [2.45, 2.75) is 6.92 Å². The summed E-state index contributed by atoms with van der Waals surface area (Å²) in [6.45, 7) is 1.91. The van der Waals surface area contributed by atoms with E-state index in [4.69, 9.17) is 12.2 Å². The number of rotatable bonds is 1. The molecule has 5 heteroatoms. The van der Waals surface area contributed by atoms with Crippen molar-refractivity contribution in [3.05, 3.63) is 35.1 Å². The van der Waals surface area contributed by atoms with Gasteiger partial charge in [-0.25, -0.2) is 15.0 Å². The maximum Gasteiger partial charge on any atom is 0.141 e. The van der Waals surface area contributed by atoms with Gasteiger partial charge in [0.2, 0.25) is 0 Å². The monoisotopic (exact) mass is 204 g/mol. The first-order valence-electron chi connectivity index (χ1n) is 4.09. The highest BCUT2D eigenvalue weighted by atomic mass is 32.1. The van der Waals surface area contributed by atoms with E-state index in [1.54, 1.807) is 18.5 Å². The molecular weight excluding hydrogens is 196 g/mol. The molecule has 0 atom stereocenters. The molecule has 0 aromatic carbocycles. The van der Waals surface area contributed by atoms with Crippen LogP contribution in [0.1, 0.15) is 5.69 Å². The van der Waals surface area contributed by atoms with Crippen LogP contribution in [0.15, 0.2) is 24.8 Å². The highest BCUT2D eigenvalue weighted by Gasteiger charge is 2.03. The molecule has 0 bridgehead atoms.